The lowest BCUT2D eigenvalue weighted by Crippen LogP contribution is -2.41. The third kappa shape index (κ3) is 8.80. The maximum Gasteiger partial charge on any atom is 0.245 e. The van der Waals surface area contributed by atoms with Gasteiger partial charge < -0.3 is 15.0 Å². The predicted molar refractivity (Wildman–Crippen MR) is 117 cm³/mol. The predicted octanol–water partition coefficient (Wildman–Crippen LogP) is 3.22. The highest BCUT2D eigenvalue weighted by atomic mass is 32.1. The van der Waals surface area contributed by atoms with E-state index >= 15 is 0 Å². The van der Waals surface area contributed by atoms with E-state index in [1.807, 2.05) is 13.8 Å². The van der Waals surface area contributed by atoms with E-state index < -0.39 is 0 Å². The van der Waals surface area contributed by atoms with Gasteiger partial charge in [0, 0.05) is 37.5 Å². The van der Waals surface area contributed by atoms with Crippen molar-refractivity contribution in [2.24, 2.45) is 0 Å². The van der Waals surface area contributed by atoms with Gasteiger partial charge in [0.05, 0.1) is 25.5 Å². The van der Waals surface area contributed by atoms with Gasteiger partial charge in [0.15, 0.2) is 5.13 Å². The van der Waals surface area contributed by atoms with Crippen molar-refractivity contribution in [1.82, 2.24) is 14.8 Å². The highest BCUT2D eigenvalue weighted by Gasteiger charge is 2.19. The van der Waals surface area contributed by atoms with Crippen LogP contribution in [0.4, 0.5) is 5.13 Å². The number of thiazole rings is 1. The molecule has 1 N–H and O–H groups in total. The van der Waals surface area contributed by atoms with Gasteiger partial charge in [0.1, 0.15) is 0 Å². The van der Waals surface area contributed by atoms with Crippen LogP contribution in [0.2, 0.25) is 0 Å². The Balaban J connectivity index is 1.85. The van der Waals surface area contributed by atoms with Gasteiger partial charge in [-0.05, 0) is 26.7 Å². The van der Waals surface area contributed by atoms with E-state index in [0.717, 1.165) is 75.5 Å². The minimum atomic E-state index is -0.174. The molecule has 0 bridgehead atoms. The van der Waals surface area contributed by atoms with Crippen molar-refractivity contribution < 1.29 is 14.3 Å². The molecule has 0 radical (unpaired) electrons. The van der Waals surface area contributed by atoms with Gasteiger partial charge in [-0.25, -0.2) is 4.98 Å². The highest BCUT2D eigenvalue weighted by molar-refractivity contribution is 7.15. The van der Waals surface area contributed by atoms with Crippen molar-refractivity contribution >= 4 is 28.3 Å². The van der Waals surface area contributed by atoms with Gasteiger partial charge in [-0.2, -0.15) is 0 Å². The van der Waals surface area contributed by atoms with Crippen LogP contribution in [0, 0.1) is 13.8 Å². The second kappa shape index (κ2) is 12.9. The number of aromatic nitrogens is 1. The first kappa shape index (κ1) is 23.8. The molecule has 0 atom stereocenters. The average molecular weight is 425 g/mol. The number of anilines is 1. The van der Waals surface area contributed by atoms with Crippen LogP contribution in [0.25, 0.3) is 0 Å². The number of aryl methyl sites for hydroxylation is 2. The summed E-state index contributed by atoms with van der Waals surface area (Å²) < 4.78 is 5.38. The van der Waals surface area contributed by atoms with Gasteiger partial charge in [0.2, 0.25) is 11.8 Å². The molecule has 1 fully saturated rings. The van der Waals surface area contributed by atoms with Gasteiger partial charge in [-0.3, -0.25) is 14.5 Å². The van der Waals surface area contributed by atoms with Gasteiger partial charge in [-0.1, -0.05) is 26.2 Å². The molecule has 0 unspecified atom stereocenters. The molecule has 164 valence electrons. The maximum absolute atomic E-state index is 12.7. The number of ether oxygens (including phenoxy) is 1. The zero-order valence-corrected chi connectivity index (χ0v) is 19.0. The number of carbonyl (C=O) groups excluding carboxylic acids is 2. The number of carbonyl (C=O) groups is 2. The first-order valence-electron chi connectivity index (χ1n) is 10.8. The van der Waals surface area contributed by atoms with Crippen molar-refractivity contribution in [2.45, 2.75) is 59.3 Å². The Hall–Kier alpha value is -1.51. The average Bonchev–Trinajstić information content (AvgIpc) is 3.02. The quantitative estimate of drug-likeness (QED) is 0.522. The van der Waals surface area contributed by atoms with Gasteiger partial charge in [0.25, 0.3) is 0 Å². The minimum Gasteiger partial charge on any atom is -0.379 e. The molecule has 0 spiro atoms. The van der Waals surface area contributed by atoms with E-state index in [9.17, 15) is 9.59 Å². The summed E-state index contributed by atoms with van der Waals surface area (Å²) in [6.07, 6.45) is 5.62. The third-order valence-corrected chi connectivity index (χ3v) is 6.20. The van der Waals surface area contributed by atoms with Crippen LogP contribution >= 0.6 is 11.3 Å². The molecule has 1 aromatic rings. The topological polar surface area (TPSA) is 74.8 Å². The van der Waals surface area contributed by atoms with Crippen LogP contribution in [-0.4, -0.2) is 72.5 Å². The molecular formula is C21H36N4O3S. The monoisotopic (exact) mass is 424 g/mol. The minimum absolute atomic E-state index is 0.0738. The van der Waals surface area contributed by atoms with Gasteiger partial charge >= 0.3 is 0 Å². The Kier molecular flexibility index (Phi) is 10.6. The Morgan fingerprint density at radius 3 is 2.59 bits per heavy atom. The molecule has 1 aliphatic rings. The molecule has 29 heavy (non-hydrogen) atoms. The van der Waals surface area contributed by atoms with Crippen LogP contribution in [0.1, 0.15) is 56.0 Å². The van der Waals surface area contributed by atoms with Crippen molar-refractivity contribution in [3.8, 4) is 0 Å². The maximum atomic E-state index is 12.7. The van der Waals surface area contributed by atoms with E-state index in [4.69, 9.17) is 4.74 Å². The summed E-state index contributed by atoms with van der Waals surface area (Å²) in [5.41, 5.74) is 0.930. The number of unbranched alkanes of at least 4 members (excludes halogenated alkanes) is 3. The Morgan fingerprint density at radius 1 is 1.17 bits per heavy atom. The third-order valence-electron chi connectivity index (χ3n) is 5.21. The van der Waals surface area contributed by atoms with Crippen LogP contribution in [0.5, 0.6) is 0 Å². The smallest absolute Gasteiger partial charge is 0.245 e. The second-order valence-electron chi connectivity index (χ2n) is 7.64. The van der Waals surface area contributed by atoms with E-state index in [1.54, 1.807) is 4.90 Å². The molecule has 0 aromatic carbocycles. The number of rotatable bonds is 12. The van der Waals surface area contributed by atoms with E-state index in [-0.39, 0.29) is 18.4 Å². The highest BCUT2D eigenvalue weighted by Crippen LogP contribution is 2.21. The SMILES string of the molecule is CCCCCCC(=O)N(CCCN1CCOCC1)CC(=O)Nc1nc(C)c(C)s1. The number of hydrogen-bond donors (Lipinski definition) is 1. The fraction of sp³-hybridized carbons (Fsp3) is 0.762. The van der Waals surface area contributed by atoms with E-state index in [2.05, 4.69) is 22.1 Å². The van der Waals surface area contributed by atoms with Crippen molar-refractivity contribution in [3.63, 3.8) is 0 Å². The number of nitrogens with zero attached hydrogens (tertiary/aromatic N) is 3. The van der Waals surface area contributed by atoms with Crippen molar-refractivity contribution in [3.05, 3.63) is 10.6 Å². The summed E-state index contributed by atoms with van der Waals surface area (Å²) in [5.74, 6) is -0.100. The van der Waals surface area contributed by atoms with Crippen molar-refractivity contribution in [2.75, 3.05) is 51.3 Å². The lowest BCUT2D eigenvalue weighted by atomic mass is 10.1. The summed E-state index contributed by atoms with van der Waals surface area (Å²) in [6.45, 7) is 11.1. The molecule has 2 heterocycles. The van der Waals surface area contributed by atoms with Crippen LogP contribution in [-0.2, 0) is 14.3 Å². The molecule has 1 aliphatic heterocycles. The molecule has 2 amide bonds. The number of hydrogen-bond acceptors (Lipinski definition) is 6. The first-order valence-corrected chi connectivity index (χ1v) is 11.6. The molecule has 0 aliphatic carbocycles. The Bertz CT molecular complexity index is 624. The number of amides is 2. The fourth-order valence-electron chi connectivity index (χ4n) is 3.32. The molecular weight excluding hydrogens is 388 g/mol. The zero-order valence-electron chi connectivity index (χ0n) is 18.2. The molecule has 1 aromatic heterocycles. The van der Waals surface area contributed by atoms with Crippen LogP contribution < -0.4 is 5.32 Å². The Labute approximate surface area is 178 Å². The summed E-state index contributed by atoms with van der Waals surface area (Å²) >= 11 is 1.47. The molecule has 7 nitrogen and oxygen atoms in total. The molecule has 8 heteroatoms. The standard InChI is InChI=1S/C21H36N4O3S/c1-4-5-6-7-9-20(27)25(11-8-10-24-12-14-28-15-13-24)16-19(26)23-21-22-17(2)18(3)29-21/h4-16H2,1-3H3,(H,22,23,26). The Morgan fingerprint density at radius 2 is 1.93 bits per heavy atom. The number of nitrogens with one attached hydrogen (secondary N) is 1. The number of morpholine rings is 1. The van der Waals surface area contributed by atoms with E-state index in [1.165, 1.54) is 11.3 Å². The molecule has 1 saturated heterocycles. The van der Waals surface area contributed by atoms with Crippen LogP contribution in [0.3, 0.4) is 0 Å². The normalized spacial score (nSPS) is 14.7. The lowest BCUT2D eigenvalue weighted by Gasteiger charge is -2.28. The van der Waals surface area contributed by atoms with Crippen LogP contribution in [0.15, 0.2) is 0 Å². The summed E-state index contributed by atoms with van der Waals surface area (Å²) in [7, 11) is 0. The molecule has 0 saturated carbocycles. The summed E-state index contributed by atoms with van der Waals surface area (Å²) in [4.78, 5) is 34.8. The van der Waals surface area contributed by atoms with Gasteiger partial charge in [-0.15, -0.1) is 11.3 Å². The first-order chi connectivity index (χ1) is 14.0. The van der Waals surface area contributed by atoms with E-state index in [0.29, 0.717) is 18.1 Å². The fourth-order valence-corrected chi connectivity index (χ4v) is 4.15. The molecule has 2 rings (SSSR count). The summed E-state index contributed by atoms with van der Waals surface area (Å²) in [6, 6.07) is 0. The largest absolute Gasteiger partial charge is 0.379 e. The zero-order chi connectivity index (χ0) is 21.1. The van der Waals surface area contributed by atoms with Crippen molar-refractivity contribution in [1.29, 1.82) is 0 Å². The summed E-state index contributed by atoms with van der Waals surface area (Å²) in [5, 5.41) is 3.46. The lowest BCUT2D eigenvalue weighted by molar-refractivity contribution is -0.135. The second-order valence-corrected chi connectivity index (χ2v) is 8.85.